The molecule has 3 aromatic rings. The number of hydrogen-bond donors (Lipinski definition) is 1. The Balaban J connectivity index is 0.00000361. The third kappa shape index (κ3) is 5.09. The topological polar surface area (TPSA) is 46.7 Å². The van der Waals surface area contributed by atoms with Crippen molar-refractivity contribution in [3.63, 3.8) is 0 Å². The molecule has 0 spiro atoms. The van der Waals surface area contributed by atoms with Gasteiger partial charge in [-0.2, -0.15) is 5.26 Å². The van der Waals surface area contributed by atoms with Crippen LogP contribution in [-0.4, -0.2) is 34.4 Å². The molecule has 5 heteroatoms. The summed E-state index contributed by atoms with van der Waals surface area (Å²) in [6.07, 6.45) is 1.79. The van der Waals surface area contributed by atoms with Gasteiger partial charge in [0.25, 0.3) is 0 Å². The van der Waals surface area contributed by atoms with Crippen LogP contribution in [0.4, 0.5) is 0 Å². The lowest BCUT2D eigenvalue weighted by Crippen LogP contribution is -3.09. The highest BCUT2D eigenvalue weighted by Gasteiger charge is 2.37. The molecule has 0 saturated heterocycles. The van der Waals surface area contributed by atoms with Crippen molar-refractivity contribution in [3.8, 4) is 28.7 Å². The predicted octanol–water partition coefficient (Wildman–Crippen LogP) is 2.23. The van der Waals surface area contributed by atoms with Crippen molar-refractivity contribution in [3.05, 3.63) is 83.4 Å². The van der Waals surface area contributed by atoms with Gasteiger partial charge in [0.1, 0.15) is 0 Å². The molecule has 1 aliphatic carbocycles. The molecule has 4 nitrogen and oxygen atoms in total. The van der Waals surface area contributed by atoms with Crippen LogP contribution >= 0.6 is 0 Å². The maximum atomic E-state index is 10.4. The highest BCUT2D eigenvalue weighted by molar-refractivity contribution is 5.78. The number of quaternary nitrogens is 1. The lowest BCUT2D eigenvalue weighted by molar-refractivity contribution is -0.880. The number of rotatable bonds is 10. The molecule has 2 unspecified atom stereocenters. The Morgan fingerprint density at radius 2 is 1.50 bits per heavy atom. The summed E-state index contributed by atoms with van der Waals surface area (Å²) >= 11 is 0. The summed E-state index contributed by atoms with van der Waals surface area (Å²) < 4.78 is 10.9. The average Bonchev–Trinajstić information content (AvgIpc) is 3.19. The van der Waals surface area contributed by atoms with Crippen molar-refractivity contribution < 1.29 is 26.8 Å². The van der Waals surface area contributed by atoms with E-state index >= 15 is 0 Å². The van der Waals surface area contributed by atoms with Gasteiger partial charge in [0, 0.05) is 0 Å². The molecule has 1 N–H and O–H groups in total. The third-order valence-electron chi connectivity index (χ3n) is 7.77. The third-order valence-corrected chi connectivity index (χ3v) is 7.77. The van der Waals surface area contributed by atoms with Crippen LogP contribution in [0.3, 0.4) is 0 Å². The maximum Gasteiger partial charge on any atom is 0.161 e. The second kappa shape index (κ2) is 11.8. The first-order valence-corrected chi connectivity index (χ1v) is 12.6. The van der Waals surface area contributed by atoms with Crippen LogP contribution in [0, 0.1) is 17.2 Å². The highest BCUT2D eigenvalue weighted by atomic mass is 35.5. The fourth-order valence-electron chi connectivity index (χ4n) is 5.73. The number of ether oxygens (including phenoxy) is 2. The van der Waals surface area contributed by atoms with Crippen LogP contribution in [0.1, 0.15) is 49.3 Å². The minimum absolute atomic E-state index is 0. The van der Waals surface area contributed by atoms with Gasteiger partial charge in [-0.15, -0.1) is 0 Å². The molecule has 4 rings (SSSR count). The van der Waals surface area contributed by atoms with Crippen LogP contribution in [0.2, 0.25) is 0 Å². The summed E-state index contributed by atoms with van der Waals surface area (Å²) in [5, 5.41) is 10.4. The Hall–Kier alpha value is -3.00. The van der Waals surface area contributed by atoms with E-state index in [2.05, 4.69) is 75.5 Å². The fourth-order valence-corrected chi connectivity index (χ4v) is 5.73. The summed E-state index contributed by atoms with van der Waals surface area (Å²) in [5.74, 6) is 1.96. The molecular weight excluding hydrogens is 468 g/mol. The van der Waals surface area contributed by atoms with Crippen LogP contribution in [-0.2, 0) is 5.41 Å². The standard InChI is InChI=1S/C31H36N2O2.ClH/c1-22(2)31(21-32,23-15-16-29(34-4)30(19-23)35-5)17-10-18-33(3)20-28-26-13-8-6-11-24(26)25-12-7-9-14-27(25)28;/h6-9,11-16,19,22,28H,10,17-18,20H2,1-5H3;1H. The summed E-state index contributed by atoms with van der Waals surface area (Å²) in [7, 11) is 5.56. The second-order valence-electron chi connectivity index (χ2n) is 10.0. The van der Waals surface area contributed by atoms with Crippen LogP contribution in [0.15, 0.2) is 66.7 Å². The Bertz CT molecular complexity index is 1170. The number of hydrogen-bond acceptors (Lipinski definition) is 3. The van der Waals surface area contributed by atoms with Gasteiger partial charge < -0.3 is 26.8 Å². The van der Waals surface area contributed by atoms with Crippen molar-refractivity contribution in [2.24, 2.45) is 5.92 Å². The molecule has 0 aromatic heterocycles. The summed E-state index contributed by atoms with van der Waals surface area (Å²) in [6, 6.07) is 26.2. The molecule has 0 aliphatic heterocycles. The van der Waals surface area contributed by atoms with Gasteiger partial charge >= 0.3 is 0 Å². The van der Waals surface area contributed by atoms with Crippen molar-refractivity contribution in [1.29, 1.82) is 5.26 Å². The second-order valence-corrected chi connectivity index (χ2v) is 10.0. The number of fused-ring (bicyclic) bond motifs is 3. The van der Waals surface area contributed by atoms with E-state index in [-0.39, 0.29) is 18.3 Å². The summed E-state index contributed by atoms with van der Waals surface area (Å²) in [5.41, 5.74) is 6.06. The zero-order valence-electron chi connectivity index (χ0n) is 22.0. The molecule has 1 aliphatic rings. The monoisotopic (exact) mass is 504 g/mol. The Kier molecular flexibility index (Phi) is 9.06. The SMILES string of the molecule is COc1ccc(C(C#N)(CCC[NH+](C)CC2c3ccccc3-c3ccccc32)C(C)C)cc1OC.[Cl-]. The minimum atomic E-state index is -0.563. The van der Waals surface area contributed by atoms with E-state index in [1.165, 1.54) is 27.2 Å². The van der Waals surface area contributed by atoms with E-state index in [1.54, 1.807) is 14.2 Å². The zero-order valence-corrected chi connectivity index (χ0v) is 22.7. The largest absolute Gasteiger partial charge is 1.00 e. The van der Waals surface area contributed by atoms with E-state index in [1.807, 2.05) is 18.2 Å². The van der Waals surface area contributed by atoms with Crippen LogP contribution < -0.4 is 26.8 Å². The van der Waals surface area contributed by atoms with E-state index < -0.39 is 5.41 Å². The smallest absolute Gasteiger partial charge is 0.161 e. The van der Waals surface area contributed by atoms with Gasteiger partial charge in [-0.3, -0.25) is 0 Å². The quantitative estimate of drug-likeness (QED) is 0.460. The first-order valence-electron chi connectivity index (χ1n) is 12.6. The lowest BCUT2D eigenvalue weighted by atomic mass is 9.69. The predicted molar refractivity (Wildman–Crippen MR) is 141 cm³/mol. The average molecular weight is 505 g/mol. The van der Waals surface area contributed by atoms with E-state index in [9.17, 15) is 5.26 Å². The van der Waals surface area contributed by atoms with Crippen molar-refractivity contribution in [1.82, 2.24) is 0 Å². The van der Waals surface area contributed by atoms with E-state index in [0.29, 0.717) is 17.4 Å². The molecule has 0 heterocycles. The molecule has 3 aromatic carbocycles. The fraction of sp³-hybridized carbons (Fsp3) is 0.387. The van der Waals surface area contributed by atoms with Crippen molar-refractivity contribution in [2.45, 2.75) is 38.0 Å². The van der Waals surface area contributed by atoms with E-state index in [0.717, 1.165) is 31.5 Å². The number of methoxy groups -OCH3 is 2. The number of nitrogens with one attached hydrogen (secondary N) is 1. The molecule has 0 saturated carbocycles. The molecule has 0 amide bonds. The molecule has 190 valence electrons. The molecule has 0 fully saturated rings. The molecule has 36 heavy (non-hydrogen) atoms. The maximum absolute atomic E-state index is 10.4. The van der Waals surface area contributed by atoms with Gasteiger partial charge in [0.15, 0.2) is 11.5 Å². The van der Waals surface area contributed by atoms with Gasteiger partial charge in [0.2, 0.25) is 0 Å². The number of nitriles is 1. The molecule has 2 atom stereocenters. The van der Waals surface area contributed by atoms with E-state index in [4.69, 9.17) is 9.47 Å². The van der Waals surface area contributed by atoms with Crippen LogP contribution in [0.25, 0.3) is 11.1 Å². The number of nitrogens with zero attached hydrogens (tertiary/aromatic N) is 1. The Morgan fingerprint density at radius 3 is 2.03 bits per heavy atom. The molecule has 0 radical (unpaired) electrons. The Morgan fingerprint density at radius 1 is 0.917 bits per heavy atom. The number of benzene rings is 3. The van der Waals surface area contributed by atoms with Crippen molar-refractivity contribution >= 4 is 0 Å². The van der Waals surface area contributed by atoms with Crippen molar-refractivity contribution in [2.75, 3.05) is 34.4 Å². The summed E-state index contributed by atoms with van der Waals surface area (Å²) in [6.45, 7) is 6.35. The van der Waals surface area contributed by atoms with Gasteiger partial charge in [-0.1, -0.05) is 68.4 Å². The number of halogens is 1. The normalized spacial score (nSPS) is 14.7. The first kappa shape index (κ1) is 27.6. The van der Waals surface area contributed by atoms with Crippen LogP contribution in [0.5, 0.6) is 11.5 Å². The minimum Gasteiger partial charge on any atom is -1.00 e. The lowest BCUT2D eigenvalue weighted by Gasteiger charge is -2.32. The van der Waals surface area contributed by atoms with Gasteiger partial charge in [-0.25, -0.2) is 0 Å². The zero-order chi connectivity index (χ0) is 25.0. The van der Waals surface area contributed by atoms with Gasteiger partial charge in [0.05, 0.1) is 51.8 Å². The number of likely N-dealkylation sites (N-methyl/N-ethyl adjacent to an activating group) is 1. The first-order chi connectivity index (χ1) is 16.9. The summed E-state index contributed by atoms with van der Waals surface area (Å²) in [4.78, 5) is 1.49. The molecular formula is C31H37ClN2O2. The Labute approximate surface area is 222 Å². The molecule has 0 bridgehead atoms. The van der Waals surface area contributed by atoms with Gasteiger partial charge in [-0.05, 0) is 58.7 Å². The highest BCUT2D eigenvalue weighted by Crippen LogP contribution is 2.44.